The minimum Gasteiger partial charge on any atom is -0.444 e. The van der Waals surface area contributed by atoms with Crippen LogP contribution in [0.2, 0.25) is 5.02 Å². The van der Waals surface area contributed by atoms with Gasteiger partial charge in [0.05, 0.1) is 6.54 Å². The standard InChI is InChI=1S/C15H18ClNO3/c1-15(2,3)20-14(19)17-9-13(18)12(17)8-10-4-6-11(16)7-5-10/h4-7,12H,8-9H2,1-3H3/t12-/m0/s1. The van der Waals surface area contributed by atoms with Crippen molar-refractivity contribution in [2.75, 3.05) is 6.54 Å². The number of benzene rings is 1. The van der Waals surface area contributed by atoms with Gasteiger partial charge in [-0.1, -0.05) is 23.7 Å². The van der Waals surface area contributed by atoms with Crippen LogP contribution in [0, 0.1) is 0 Å². The number of hydrogen-bond donors (Lipinski definition) is 0. The number of carbonyl (C=O) groups is 2. The Balaban J connectivity index is 2.01. The van der Waals surface area contributed by atoms with Crippen LogP contribution < -0.4 is 0 Å². The van der Waals surface area contributed by atoms with E-state index < -0.39 is 17.7 Å². The Labute approximate surface area is 123 Å². The van der Waals surface area contributed by atoms with Crippen LogP contribution in [0.4, 0.5) is 4.79 Å². The van der Waals surface area contributed by atoms with Gasteiger partial charge in [-0.05, 0) is 38.5 Å². The molecule has 1 amide bonds. The number of amides is 1. The van der Waals surface area contributed by atoms with Crippen LogP contribution in [0.15, 0.2) is 24.3 Å². The molecule has 0 spiro atoms. The van der Waals surface area contributed by atoms with Crippen LogP contribution in [0.1, 0.15) is 26.3 Å². The fraction of sp³-hybridized carbons (Fsp3) is 0.467. The molecule has 1 aromatic rings. The lowest BCUT2D eigenvalue weighted by molar-refractivity contribution is -0.135. The Bertz CT molecular complexity index is 519. The molecule has 0 bridgehead atoms. The first-order valence-electron chi connectivity index (χ1n) is 6.53. The van der Waals surface area contributed by atoms with Gasteiger partial charge in [-0.3, -0.25) is 9.69 Å². The second kappa shape index (κ2) is 5.44. The van der Waals surface area contributed by atoms with E-state index in [2.05, 4.69) is 0 Å². The lowest BCUT2D eigenvalue weighted by Crippen LogP contribution is -2.61. The quantitative estimate of drug-likeness (QED) is 0.842. The number of ether oxygens (including phenoxy) is 1. The molecule has 5 heteroatoms. The van der Waals surface area contributed by atoms with Gasteiger partial charge in [0.2, 0.25) is 0 Å². The molecule has 2 rings (SSSR count). The van der Waals surface area contributed by atoms with Crippen molar-refractivity contribution >= 4 is 23.5 Å². The molecule has 1 aliphatic rings. The van der Waals surface area contributed by atoms with E-state index in [1.54, 1.807) is 32.9 Å². The summed E-state index contributed by atoms with van der Waals surface area (Å²) >= 11 is 5.83. The molecular weight excluding hydrogens is 278 g/mol. The largest absolute Gasteiger partial charge is 0.444 e. The highest BCUT2D eigenvalue weighted by Gasteiger charge is 2.42. The summed E-state index contributed by atoms with van der Waals surface area (Å²) in [6.45, 7) is 5.55. The molecule has 0 N–H and O–H groups in total. The molecule has 1 fully saturated rings. The average Bonchev–Trinajstić information content (AvgIpc) is 2.32. The maximum Gasteiger partial charge on any atom is 0.411 e. The highest BCUT2D eigenvalue weighted by molar-refractivity contribution is 6.30. The second-order valence-electron chi connectivity index (χ2n) is 5.92. The Hall–Kier alpha value is -1.55. The Kier molecular flexibility index (Phi) is 4.04. The summed E-state index contributed by atoms with van der Waals surface area (Å²) in [5.41, 5.74) is 0.418. The zero-order valence-electron chi connectivity index (χ0n) is 11.9. The molecule has 0 unspecified atom stereocenters. The molecule has 1 saturated heterocycles. The maximum absolute atomic E-state index is 12.0. The smallest absolute Gasteiger partial charge is 0.411 e. The first-order chi connectivity index (χ1) is 9.26. The Morgan fingerprint density at radius 1 is 1.35 bits per heavy atom. The van der Waals surface area contributed by atoms with Crippen molar-refractivity contribution in [1.82, 2.24) is 4.90 Å². The van der Waals surface area contributed by atoms with E-state index in [4.69, 9.17) is 16.3 Å². The van der Waals surface area contributed by atoms with Crippen molar-refractivity contribution in [3.05, 3.63) is 34.9 Å². The lowest BCUT2D eigenvalue weighted by Gasteiger charge is -2.39. The van der Waals surface area contributed by atoms with Gasteiger partial charge >= 0.3 is 6.09 Å². The molecule has 0 radical (unpaired) electrons. The molecule has 1 aromatic carbocycles. The third-order valence-electron chi connectivity index (χ3n) is 3.04. The van der Waals surface area contributed by atoms with Crippen LogP contribution in [0.3, 0.4) is 0 Å². The summed E-state index contributed by atoms with van der Waals surface area (Å²) < 4.78 is 5.29. The first-order valence-corrected chi connectivity index (χ1v) is 6.91. The summed E-state index contributed by atoms with van der Waals surface area (Å²) in [6, 6.07) is 6.85. The lowest BCUT2D eigenvalue weighted by atomic mass is 9.94. The molecule has 1 aliphatic heterocycles. The average molecular weight is 296 g/mol. The normalized spacial score (nSPS) is 18.7. The molecule has 4 nitrogen and oxygen atoms in total. The zero-order valence-corrected chi connectivity index (χ0v) is 12.6. The monoisotopic (exact) mass is 295 g/mol. The van der Waals surface area contributed by atoms with Gasteiger partial charge in [0, 0.05) is 11.4 Å². The fourth-order valence-corrected chi connectivity index (χ4v) is 2.15. The number of nitrogens with zero attached hydrogens (tertiary/aromatic N) is 1. The number of rotatable bonds is 2. The van der Waals surface area contributed by atoms with Gasteiger partial charge < -0.3 is 4.74 Å². The van der Waals surface area contributed by atoms with Crippen LogP contribution in [-0.4, -0.2) is 35.0 Å². The van der Waals surface area contributed by atoms with E-state index in [-0.39, 0.29) is 12.3 Å². The van der Waals surface area contributed by atoms with Crippen molar-refractivity contribution in [2.24, 2.45) is 0 Å². The van der Waals surface area contributed by atoms with E-state index in [1.807, 2.05) is 12.1 Å². The van der Waals surface area contributed by atoms with Crippen LogP contribution in [0.25, 0.3) is 0 Å². The van der Waals surface area contributed by atoms with E-state index in [1.165, 1.54) is 4.90 Å². The highest BCUT2D eigenvalue weighted by Crippen LogP contribution is 2.22. The van der Waals surface area contributed by atoms with E-state index in [0.29, 0.717) is 11.4 Å². The Morgan fingerprint density at radius 3 is 2.45 bits per heavy atom. The molecule has 0 saturated carbocycles. The number of halogens is 1. The first kappa shape index (κ1) is 14.9. The van der Waals surface area contributed by atoms with Crippen LogP contribution in [0.5, 0.6) is 0 Å². The molecule has 108 valence electrons. The SMILES string of the molecule is CC(C)(C)OC(=O)N1CC(=O)[C@@H]1Cc1ccc(Cl)cc1. The van der Waals surface area contributed by atoms with Gasteiger partial charge in [0.15, 0.2) is 5.78 Å². The van der Waals surface area contributed by atoms with Crippen molar-refractivity contribution in [2.45, 2.75) is 38.8 Å². The number of carbonyl (C=O) groups excluding carboxylic acids is 2. The zero-order chi connectivity index (χ0) is 14.9. The third kappa shape index (κ3) is 3.51. The number of likely N-dealkylation sites (tertiary alicyclic amines) is 1. The van der Waals surface area contributed by atoms with Gasteiger partial charge in [-0.15, -0.1) is 0 Å². The van der Waals surface area contributed by atoms with Crippen molar-refractivity contribution in [3.8, 4) is 0 Å². The van der Waals surface area contributed by atoms with E-state index in [9.17, 15) is 9.59 Å². The Morgan fingerprint density at radius 2 is 1.95 bits per heavy atom. The summed E-state index contributed by atoms with van der Waals surface area (Å²) in [5, 5.41) is 0.651. The summed E-state index contributed by atoms with van der Waals surface area (Å²) in [5.74, 6) is 0.0609. The summed E-state index contributed by atoms with van der Waals surface area (Å²) in [7, 11) is 0. The van der Waals surface area contributed by atoms with Crippen molar-refractivity contribution in [3.63, 3.8) is 0 Å². The molecule has 1 heterocycles. The van der Waals surface area contributed by atoms with E-state index >= 15 is 0 Å². The minimum absolute atomic E-state index is 0.0609. The number of Topliss-reactive ketones (excluding diaryl/α,β-unsaturated/α-hetero) is 1. The number of hydrogen-bond acceptors (Lipinski definition) is 3. The molecular formula is C15H18ClNO3. The van der Waals surface area contributed by atoms with Crippen LogP contribution in [-0.2, 0) is 16.0 Å². The number of ketones is 1. The summed E-state index contributed by atoms with van der Waals surface area (Å²) in [4.78, 5) is 25.2. The minimum atomic E-state index is -0.555. The van der Waals surface area contributed by atoms with Crippen molar-refractivity contribution < 1.29 is 14.3 Å². The molecule has 0 aliphatic carbocycles. The molecule has 0 aromatic heterocycles. The predicted octanol–water partition coefficient (Wildman–Crippen LogP) is 3.07. The topological polar surface area (TPSA) is 46.6 Å². The van der Waals surface area contributed by atoms with Gasteiger partial charge in [-0.25, -0.2) is 4.79 Å². The molecule has 20 heavy (non-hydrogen) atoms. The predicted molar refractivity (Wildman–Crippen MR) is 76.9 cm³/mol. The van der Waals surface area contributed by atoms with Gasteiger partial charge in [0.1, 0.15) is 11.6 Å². The van der Waals surface area contributed by atoms with Gasteiger partial charge in [0.25, 0.3) is 0 Å². The molecule has 1 atom stereocenters. The third-order valence-corrected chi connectivity index (χ3v) is 3.30. The van der Waals surface area contributed by atoms with Crippen molar-refractivity contribution in [1.29, 1.82) is 0 Å². The van der Waals surface area contributed by atoms with E-state index in [0.717, 1.165) is 5.56 Å². The second-order valence-corrected chi connectivity index (χ2v) is 6.36. The van der Waals surface area contributed by atoms with Crippen LogP contribution >= 0.6 is 11.6 Å². The fourth-order valence-electron chi connectivity index (χ4n) is 2.02. The van der Waals surface area contributed by atoms with Gasteiger partial charge in [-0.2, -0.15) is 0 Å². The summed E-state index contributed by atoms with van der Waals surface area (Å²) in [6.07, 6.45) is 0.0611. The maximum atomic E-state index is 12.0. The highest BCUT2D eigenvalue weighted by atomic mass is 35.5.